The molecule has 0 radical (unpaired) electrons. The number of amidine groups is 1. The number of thioether (sulfide) groups is 1. The highest BCUT2D eigenvalue weighted by atomic mass is 127. The van der Waals surface area contributed by atoms with Crippen LogP contribution in [-0.2, 0) is 11.4 Å². The molecular weight excluding hydrogens is 654 g/mol. The van der Waals surface area contributed by atoms with Gasteiger partial charge in [-0.1, -0.05) is 71.7 Å². The van der Waals surface area contributed by atoms with Crippen molar-refractivity contribution in [2.45, 2.75) is 13.5 Å². The third-order valence-electron chi connectivity index (χ3n) is 5.69. The summed E-state index contributed by atoms with van der Waals surface area (Å²) >= 11 is 15.8. The van der Waals surface area contributed by atoms with Gasteiger partial charge in [-0.3, -0.25) is 4.79 Å². The Bertz CT molecular complexity index is 1600. The SMILES string of the molecule is CCOc1cc(/C=C2/SC(=Nc3cccc(Cl)c3Cl)NC2=O)cc(I)c1OCc1cccc2ccccc12. The molecule has 0 atom stereocenters. The van der Waals surface area contributed by atoms with Crippen molar-refractivity contribution in [1.82, 2.24) is 5.32 Å². The molecule has 0 bridgehead atoms. The summed E-state index contributed by atoms with van der Waals surface area (Å²) in [5.74, 6) is 1.05. The molecule has 38 heavy (non-hydrogen) atoms. The van der Waals surface area contributed by atoms with Crippen LogP contribution in [0.5, 0.6) is 11.5 Å². The molecule has 1 saturated heterocycles. The maximum Gasteiger partial charge on any atom is 0.264 e. The number of fused-ring (bicyclic) bond motifs is 1. The molecule has 0 spiro atoms. The summed E-state index contributed by atoms with van der Waals surface area (Å²) in [4.78, 5) is 17.6. The lowest BCUT2D eigenvalue weighted by atomic mass is 10.1. The number of ether oxygens (including phenoxy) is 2. The van der Waals surface area contributed by atoms with Crippen molar-refractivity contribution < 1.29 is 14.3 Å². The topological polar surface area (TPSA) is 59.9 Å². The molecule has 0 aromatic heterocycles. The minimum atomic E-state index is -0.240. The quantitative estimate of drug-likeness (QED) is 0.158. The van der Waals surface area contributed by atoms with Crippen molar-refractivity contribution in [3.8, 4) is 11.5 Å². The number of benzene rings is 4. The molecule has 1 amide bonds. The minimum Gasteiger partial charge on any atom is -0.490 e. The molecule has 4 aromatic carbocycles. The van der Waals surface area contributed by atoms with Gasteiger partial charge in [0.15, 0.2) is 16.7 Å². The molecule has 5 nitrogen and oxygen atoms in total. The highest BCUT2D eigenvalue weighted by molar-refractivity contribution is 14.1. The van der Waals surface area contributed by atoms with Crippen molar-refractivity contribution in [3.05, 3.63) is 102 Å². The minimum absolute atomic E-state index is 0.240. The molecule has 0 unspecified atom stereocenters. The number of hydrogen-bond donors (Lipinski definition) is 1. The van der Waals surface area contributed by atoms with Gasteiger partial charge >= 0.3 is 0 Å². The van der Waals surface area contributed by atoms with E-state index in [1.54, 1.807) is 24.3 Å². The van der Waals surface area contributed by atoms with Crippen molar-refractivity contribution in [2.75, 3.05) is 6.61 Å². The molecule has 4 aromatic rings. The number of rotatable bonds is 7. The van der Waals surface area contributed by atoms with E-state index in [1.165, 1.54) is 17.1 Å². The molecule has 192 valence electrons. The van der Waals surface area contributed by atoms with Gasteiger partial charge in [-0.2, -0.15) is 0 Å². The van der Waals surface area contributed by atoms with Gasteiger partial charge in [0.1, 0.15) is 6.61 Å². The first-order valence-corrected chi connectivity index (χ1v) is 14.4. The van der Waals surface area contributed by atoms with Gasteiger partial charge < -0.3 is 14.8 Å². The maximum absolute atomic E-state index is 12.7. The first-order valence-electron chi connectivity index (χ1n) is 11.7. The van der Waals surface area contributed by atoms with Crippen LogP contribution in [0.25, 0.3) is 16.8 Å². The average molecular weight is 675 g/mol. The van der Waals surface area contributed by atoms with E-state index in [0.29, 0.717) is 50.5 Å². The van der Waals surface area contributed by atoms with Crippen LogP contribution in [0.3, 0.4) is 0 Å². The van der Waals surface area contributed by atoms with Crippen molar-refractivity contribution in [3.63, 3.8) is 0 Å². The number of carbonyl (C=O) groups excluding carboxylic acids is 1. The second-order valence-corrected chi connectivity index (χ2v) is 11.2. The van der Waals surface area contributed by atoms with E-state index in [-0.39, 0.29) is 5.91 Å². The molecule has 0 saturated carbocycles. The van der Waals surface area contributed by atoms with Crippen molar-refractivity contribution >= 4 is 91.2 Å². The fourth-order valence-corrected chi connectivity index (χ4v) is 5.92. The largest absolute Gasteiger partial charge is 0.490 e. The zero-order valence-electron chi connectivity index (χ0n) is 20.1. The van der Waals surface area contributed by atoms with Gasteiger partial charge in [-0.05, 0) is 93.5 Å². The van der Waals surface area contributed by atoms with Crippen LogP contribution in [-0.4, -0.2) is 17.7 Å². The Morgan fingerprint density at radius 3 is 2.66 bits per heavy atom. The summed E-state index contributed by atoms with van der Waals surface area (Å²) < 4.78 is 13.1. The highest BCUT2D eigenvalue weighted by Crippen LogP contribution is 2.38. The Morgan fingerprint density at radius 1 is 1.03 bits per heavy atom. The fourth-order valence-electron chi connectivity index (χ4n) is 3.96. The molecule has 1 heterocycles. The standard InChI is InChI=1S/C29H21Cl2IN2O3S/c1-2-36-24-14-17(15-25-28(35)34-29(38-25)33-23-12-6-11-21(30)26(23)31)13-22(32)27(24)37-16-19-9-5-8-18-7-3-4-10-20(18)19/h3-15H,2,16H2,1H3,(H,33,34,35)/b25-15+. The molecule has 1 fully saturated rings. The summed E-state index contributed by atoms with van der Waals surface area (Å²) in [6, 6.07) is 23.5. The highest BCUT2D eigenvalue weighted by Gasteiger charge is 2.25. The van der Waals surface area contributed by atoms with E-state index in [0.717, 1.165) is 20.1 Å². The number of aliphatic imine (C=N–C) groups is 1. The molecule has 1 aliphatic heterocycles. The Labute approximate surface area is 248 Å². The fraction of sp³-hybridized carbons (Fsp3) is 0.103. The van der Waals surface area contributed by atoms with Gasteiger partial charge in [-0.25, -0.2) is 4.99 Å². The van der Waals surface area contributed by atoms with Crippen LogP contribution < -0.4 is 14.8 Å². The summed E-state index contributed by atoms with van der Waals surface area (Å²) in [6.45, 7) is 2.81. The Morgan fingerprint density at radius 2 is 1.82 bits per heavy atom. The molecule has 1 aliphatic rings. The smallest absolute Gasteiger partial charge is 0.264 e. The summed E-state index contributed by atoms with van der Waals surface area (Å²) in [5.41, 5.74) is 2.40. The number of carbonyl (C=O) groups is 1. The van der Waals surface area contributed by atoms with E-state index in [1.807, 2.05) is 37.3 Å². The van der Waals surface area contributed by atoms with Crippen LogP contribution >= 0.6 is 57.6 Å². The molecule has 5 rings (SSSR count). The molecule has 9 heteroatoms. The lowest BCUT2D eigenvalue weighted by Crippen LogP contribution is -2.19. The summed E-state index contributed by atoms with van der Waals surface area (Å²) in [7, 11) is 0. The molecule has 1 N–H and O–H groups in total. The van der Waals surface area contributed by atoms with Crippen LogP contribution in [0.4, 0.5) is 5.69 Å². The van der Waals surface area contributed by atoms with Crippen LogP contribution in [0, 0.1) is 3.57 Å². The second kappa shape index (κ2) is 12.0. The predicted molar refractivity (Wildman–Crippen MR) is 166 cm³/mol. The number of hydrogen-bond acceptors (Lipinski definition) is 5. The van der Waals surface area contributed by atoms with E-state index in [9.17, 15) is 4.79 Å². The van der Waals surface area contributed by atoms with Crippen LogP contribution in [0.2, 0.25) is 10.0 Å². The maximum atomic E-state index is 12.7. The molecule has 0 aliphatic carbocycles. The summed E-state index contributed by atoms with van der Waals surface area (Å²) in [5, 5.41) is 6.28. The van der Waals surface area contributed by atoms with Crippen LogP contribution in [0.1, 0.15) is 18.1 Å². The Hall–Kier alpha value is -2.72. The van der Waals surface area contributed by atoms with Crippen LogP contribution in [0.15, 0.2) is 82.7 Å². The first-order chi connectivity index (χ1) is 18.4. The zero-order chi connectivity index (χ0) is 26.6. The number of nitrogens with one attached hydrogen (secondary N) is 1. The third-order valence-corrected chi connectivity index (χ3v) is 8.21. The first kappa shape index (κ1) is 26.9. The Balaban J connectivity index is 1.40. The van der Waals surface area contributed by atoms with Gasteiger partial charge in [-0.15, -0.1) is 0 Å². The van der Waals surface area contributed by atoms with E-state index in [2.05, 4.69) is 57.2 Å². The van der Waals surface area contributed by atoms with E-state index in [4.69, 9.17) is 32.7 Å². The predicted octanol–water partition coefficient (Wildman–Crippen LogP) is 8.62. The number of nitrogens with zero attached hydrogens (tertiary/aromatic N) is 1. The lowest BCUT2D eigenvalue weighted by Gasteiger charge is -2.16. The summed E-state index contributed by atoms with van der Waals surface area (Å²) in [6.07, 6.45) is 1.81. The third kappa shape index (κ3) is 5.96. The van der Waals surface area contributed by atoms with E-state index < -0.39 is 0 Å². The zero-order valence-corrected chi connectivity index (χ0v) is 24.6. The lowest BCUT2D eigenvalue weighted by molar-refractivity contribution is -0.115. The van der Waals surface area contributed by atoms with Gasteiger partial charge in [0.2, 0.25) is 0 Å². The van der Waals surface area contributed by atoms with Gasteiger partial charge in [0.25, 0.3) is 5.91 Å². The average Bonchev–Trinajstić information content (AvgIpc) is 3.24. The van der Waals surface area contributed by atoms with E-state index >= 15 is 0 Å². The molecular formula is C29H21Cl2IN2O3S. The van der Waals surface area contributed by atoms with Crippen molar-refractivity contribution in [2.24, 2.45) is 4.99 Å². The van der Waals surface area contributed by atoms with Gasteiger partial charge in [0, 0.05) is 0 Å². The number of halogens is 3. The van der Waals surface area contributed by atoms with Gasteiger partial charge in [0.05, 0.1) is 30.8 Å². The monoisotopic (exact) mass is 674 g/mol. The number of amides is 1. The normalized spacial score (nSPS) is 15.3. The van der Waals surface area contributed by atoms with Crippen molar-refractivity contribution in [1.29, 1.82) is 0 Å². The second-order valence-electron chi connectivity index (χ2n) is 8.24. The Kier molecular flexibility index (Phi) is 8.48.